The standard InChI is InChI=1S/C17H16F5N7O/c1-24-7-9(12(23)13(18)19)15(30)27-11-4-2-3-10(26-11)14-28-25-8-29(14)16(5-6-16)17(20,21)22/h2-4,7-8,13H,5-6,23H2,1H3,(H,26,27,30). The van der Waals surface area contributed by atoms with Crippen molar-refractivity contribution in [1.82, 2.24) is 19.7 Å². The molecular weight excluding hydrogens is 413 g/mol. The second-order valence-corrected chi connectivity index (χ2v) is 6.47. The maximum Gasteiger partial charge on any atom is 0.412 e. The summed E-state index contributed by atoms with van der Waals surface area (Å²) >= 11 is 0. The topological polar surface area (TPSA) is 111 Å². The molecule has 2 aromatic heterocycles. The maximum absolute atomic E-state index is 13.5. The number of nitrogens with two attached hydrogens (primary N) is 1. The van der Waals surface area contributed by atoms with Gasteiger partial charge in [0.1, 0.15) is 23.4 Å². The number of aromatic nitrogens is 4. The second kappa shape index (κ2) is 7.80. The highest BCUT2D eigenvalue weighted by Gasteiger charge is 2.65. The third-order valence-electron chi connectivity index (χ3n) is 4.53. The Bertz CT molecular complexity index is 1010. The summed E-state index contributed by atoms with van der Waals surface area (Å²) < 4.78 is 67.0. The van der Waals surface area contributed by atoms with Gasteiger partial charge >= 0.3 is 6.18 Å². The van der Waals surface area contributed by atoms with Gasteiger partial charge in [-0.05, 0) is 25.0 Å². The first-order valence-electron chi connectivity index (χ1n) is 8.56. The number of anilines is 1. The average Bonchev–Trinajstić information content (AvgIpc) is 3.36. The lowest BCUT2D eigenvalue weighted by Crippen LogP contribution is -2.35. The van der Waals surface area contributed by atoms with Crippen LogP contribution < -0.4 is 11.1 Å². The largest absolute Gasteiger partial charge is 0.412 e. The van der Waals surface area contributed by atoms with Crippen LogP contribution in [0.3, 0.4) is 0 Å². The number of nitrogens with zero attached hydrogens (tertiary/aromatic N) is 5. The molecule has 0 aromatic carbocycles. The minimum atomic E-state index is -4.50. The number of rotatable bonds is 6. The Hall–Kier alpha value is -3.38. The van der Waals surface area contributed by atoms with Gasteiger partial charge in [-0.2, -0.15) is 13.2 Å². The minimum absolute atomic E-state index is 0.0114. The van der Waals surface area contributed by atoms with Crippen LogP contribution in [0.25, 0.3) is 11.5 Å². The monoisotopic (exact) mass is 429 g/mol. The Morgan fingerprint density at radius 2 is 2.07 bits per heavy atom. The number of carbonyl (C=O) groups is 1. The van der Waals surface area contributed by atoms with Crippen molar-refractivity contribution in [3.63, 3.8) is 0 Å². The van der Waals surface area contributed by atoms with Crippen LogP contribution in [0.15, 0.2) is 40.8 Å². The van der Waals surface area contributed by atoms with E-state index < -0.39 is 35.3 Å². The highest BCUT2D eigenvalue weighted by Crippen LogP contribution is 2.56. The molecule has 0 atom stereocenters. The number of hydrogen-bond donors (Lipinski definition) is 2. The average molecular weight is 429 g/mol. The number of halogens is 5. The van der Waals surface area contributed by atoms with Crippen molar-refractivity contribution < 1.29 is 26.7 Å². The summed E-state index contributed by atoms with van der Waals surface area (Å²) in [6, 6.07) is 4.14. The summed E-state index contributed by atoms with van der Waals surface area (Å²) in [4.78, 5) is 19.9. The van der Waals surface area contributed by atoms with Crippen molar-refractivity contribution in [3.8, 4) is 11.5 Å². The van der Waals surface area contributed by atoms with E-state index in [-0.39, 0.29) is 30.2 Å². The van der Waals surface area contributed by atoms with E-state index in [1.165, 1.54) is 25.2 Å². The van der Waals surface area contributed by atoms with Gasteiger partial charge in [0.15, 0.2) is 5.82 Å². The van der Waals surface area contributed by atoms with Crippen LogP contribution in [0.4, 0.5) is 27.8 Å². The molecule has 3 rings (SSSR count). The Kier molecular flexibility index (Phi) is 5.55. The van der Waals surface area contributed by atoms with E-state index in [0.717, 1.165) is 17.1 Å². The molecule has 30 heavy (non-hydrogen) atoms. The van der Waals surface area contributed by atoms with Gasteiger partial charge in [-0.25, -0.2) is 13.8 Å². The number of amides is 1. The van der Waals surface area contributed by atoms with Gasteiger partial charge in [-0.3, -0.25) is 14.4 Å². The maximum atomic E-state index is 13.5. The van der Waals surface area contributed by atoms with Crippen molar-refractivity contribution in [1.29, 1.82) is 0 Å². The molecular formula is C17H16F5N7O. The first-order chi connectivity index (χ1) is 14.1. The fourth-order valence-electron chi connectivity index (χ4n) is 2.83. The normalized spacial score (nSPS) is 16.6. The number of hydrogen-bond acceptors (Lipinski definition) is 6. The first kappa shape index (κ1) is 21.3. The molecule has 0 radical (unpaired) electrons. The summed E-state index contributed by atoms with van der Waals surface area (Å²) in [6.07, 6.45) is -5.96. The fraction of sp³-hybridized carbons (Fsp3) is 0.353. The molecule has 3 N–H and O–H groups in total. The number of pyridine rings is 1. The summed E-state index contributed by atoms with van der Waals surface area (Å²) in [5, 5.41) is 9.57. The molecule has 13 heteroatoms. The van der Waals surface area contributed by atoms with Crippen molar-refractivity contribution in [3.05, 3.63) is 35.8 Å². The van der Waals surface area contributed by atoms with Gasteiger partial charge in [0.2, 0.25) is 0 Å². The Labute approximate surface area is 166 Å². The molecule has 0 bridgehead atoms. The summed E-state index contributed by atoms with van der Waals surface area (Å²) in [7, 11) is 1.27. The molecule has 8 nitrogen and oxygen atoms in total. The van der Waals surface area contributed by atoms with E-state index in [4.69, 9.17) is 5.73 Å². The molecule has 0 saturated heterocycles. The fourth-order valence-corrected chi connectivity index (χ4v) is 2.83. The van der Waals surface area contributed by atoms with Crippen LogP contribution >= 0.6 is 0 Å². The highest BCUT2D eigenvalue weighted by molar-refractivity contribution is 6.18. The van der Waals surface area contributed by atoms with Crippen molar-refractivity contribution in [2.24, 2.45) is 10.7 Å². The number of carbonyl (C=O) groups excluding carboxylic acids is 1. The molecule has 0 aliphatic heterocycles. The lowest BCUT2D eigenvalue weighted by molar-refractivity contribution is -0.179. The minimum Gasteiger partial charge on any atom is -0.397 e. The van der Waals surface area contributed by atoms with E-state index in [1.54, 1.807) is 0 Å². The van der Waals surface area contributed by atoms with Crippen LogP contribution in [0.1, 0.15) is 12.8 Å². The quantitative estimate of drug-likeness (QED) is 0.417. The lowest BCUT2D eigenvalue weighted by Gasteiger charge is -2.21. The molecule has 160 valence electrons. The first-order valence-corrected chi connectivity index (χ1v) is 8.56. The molecule has 1 fully saturated rings. The van der Waals surface area contributed by atoms with Gasteiger partial charge in [-0.1, -0.05) is 6.07 Å². The van der Waals surface area contributed by atoms with Gasteiger partial charge in [-0.15, -0.1) is 10.2 Å². The third kappa shape index (κ3) is 3.86. The zero-order valence-electron chi connectivity index (χ0n) is 15.5. The van der Waals surface area contributed by atoms with Crippen LogP contribution in [-0.4, -0.2) is 51.5 Å². The van der Waals surface area contributed by atoms with Crippen LogP contribution in [0.5, 0.6) is 0 Å². The molecule has 1 aliphatic carbocycles. The number of alkyl halides is 5. The van der Waals surface area contributed by atoms with Crippen molar-refractivity contribution in [2.75, 3.05) is 12.4 Å². The zero-order chi connectivity index (χ0) is 22.1. The lowest BCUT2D eigenvalue weighted by atomic mass is 10.2. The molecule has 0 spiro atoms. The predicted octanol–water partition coefficient (Wildman–Crippen LogP) is 2.51. The molecule has 2 heterocycles. The number of allylic oxidation sites excluding steroid dienone is 1. The van der Waals surface area contributed by atoms with Crippen LogP contribution in [0, 0.1) is 0 Å². The molecule has 1 amide bonds. The van der Waals surface area contributed by atoms with Crippen LogP contribution in [-0.2, 0) is 10.3 Å². The van der Waals surface area contributed by atoms with E-state index in [0.29, 0.717) is 0 Å². The van der Waals surface area contributed by atoms with Gasteiger partial charge in [0, 0.05) is 13.3 Å². The van der Waals surface area contributed by atoms with Gasteiger partial charge in [0.25, 0.3) is 12.3 Å². The van der Waals surface area contributed by atoms with E-state index in [1.807, 2.05) is 0 Å². The van der Waals surface area contributed by atoms with Crippen LogP contribution in [0.2, 0.25) is 0 Å². The predicted molar refractivity (Wildman–Crippen MR) is 96.8 cm³/mol. The van der Waals surface area contributed by atoms with E-state index in [2.05, 4.69) is 25.5 Å². The third-order valence-corrected chi connectivity index (χ3v) is 4.53. The van der Waals surface area contributed by atoms with Gasteiger partial charge < -0.3 is 11.1 Å². The molecule has 1 aliphatic rings. The summed E-state index contributed by atoms with van der Waals surface area (Å²) in [5.74, 6) is -1.25. The SMILES string of the molecule is CN=CC(C(=O)Nc1cccc(-c2nncn2C2(C(F)(F)F)CC2)n1)=C(N)C(F)F. The second-order valence-electron chi connectivity index (χ2n) is 6.47. The van der Waals surface area contributed by atoms with Crippen molar-refractivity contribution in [2.45, 2.75) is 31.0 Å². The van der Waals surface area contributed by atoms with Gasteiger partial charge in [0.05, 0.1) is 11.3 Å². The zero-order valence-corrected chi connectivity index (χ0v) is 15.5. The smallest absolute Gasteiger partial charge is 0.397 e. The molecule has 1 saturated carbocycles. The molecule has 0 unspecified atom stereocenters. The number of nitrogens with one attached hydrogen (secondary N) is 1. The Morgan fingerprint density at radius 1 is 1.37 bits per heavy atom. The van der Waals surface area contributed by atoms with E-state index >= 15 is 0 Å². The summed E-state index contributed by atoms with van der Waals surface area (Å²) in [6.45, 7) is 0. The van der Waals surface area contributed by atoms with E-state index in [9.17, 15) is 26.7 Å². The number of aliphatic imine (C=N–C) groups is 1. The molecule has 2 aromatic rings. The Balaban J connectivity index is 1.92. The highest BCUT2D eigenvalue weighted by atomic mass is 19.4. The van der Waals surface area contributed by atoms with Crippen molar-refractivity contribution >= 4 is 17.9 Å². The summed E-state index contributed by atoms with van der Waals surface area (Å²) in [5.41, 5.74) is 1.64. The Morgan fingerprint density at radius 3 is 2.63 bits per heavy atom.